The Labute approximate surface area is 84.8 Å². The molecule has 6 heteroatoms. The predicted molar refractivity (Wildman–Crippen MR) is 50.5 cm³/mol. The molecule has 0 bridgehead atoms. The van der Waals surface area contributed by atoms with E-state index in [-0.39, 0.29) is 5.69 Å². The smallest absolute Gasteiger partial charge is 0.354 e. The average molecular weight is 208 g/mol. The molecule has 0 atom stereocenters. The van der Waals surface area contributed by atoms with Crippen molar-refractivity contribution >= 4 is 24.2 Å². The molecule has 2 rings (SSSR count). The summed E-state index contributed by atoms with van der Waals surface area (Å²) in [5.74, 6) is -1.09. The molecule has 0 fully saturated rings. The third-order valence-electron chi connectivity index (χ3n) is 1.74. The number of carboxylic acids is 1. The van der Waals surface area contributed by atoms with Gasteiger partial charge >= 0.3 is 5.97 Å². The molecule has 0 aliphatic carbocycles. The fourth-order valence-corrected chi connectivity index (χ4v) is 1.42. The summed E-state index contributed by atoms with van der Waals surface area (Å²) in [4.78, 5) is 14.6. The largest absolute Gasteiger partial charge is 0.477 e. The number of rotatable bonds is 1. The van der Waals surface area contributed by atoms with Gasteiger partial charge in [-0.05, 0) is 6.92 Å². The molecule has 2 aromatic rings. The van der Waals surface area contributed by atoms with Crippen LogP contribution >= 0.6 is 12.6 Å². The van der Waals surface area contributed by atoms with Crippen molar-refractivity contribution in [3.05, 3.63) is 23.5 Å². The lowest BCUT2D eigenvalue weighted by Gasteiger charge is -1.98. The van der Waals surface area contributed by atoms with Gasteiger partial charge in [-0.2, -0.15) is 5.10 Å². The van der Waals surface area contributed by atoms with E-state index in [1.807, 2.05) is 0 Å². The maximum absolute atomic E-state index is 10.7. The van der Waals surface area contributed by atoms with Crippen LogP contribution in [0.25, 0.3) is 5.65 Å². The first-order chi connectivity index (χ1) is 6.58. The van der Waals surface area contributed by atoms with Gasteiger partial charge < -0.3 is 5.11 Å². The van der Waals surface area contributed by atoms with E-state index < -0.39 is 5.97 Å². The van der Waals surface area contributed by atoms with Crippen LogP contribution in [0.1, 0.15) is 16.2 Å². The zero-order chi connectivity index (χ0) is 10.3. The van der Waals surface area contributed by atoms with E-state index in [0.717, 1.165) is 5.69 Å². The zero-order valence-electron chi connectivity index (χ0n) is 7.26. The maximum atomic E-state index is 10.7. The first kappa shape index (κ1) is 8.89. The minimum absolute atomic E-state index is 0.0533. The minimum atomic E-state index is -1.09. The molecule has 2 aromatic heterocycles. The third kappa shape index (κ3) is 1.29. The Morgan fingerprint density at radius 2 is 2.29 bits per heavy atom. The maximum Gasteiger partial charge on any atom is 0.354 e. The van der Waals surface area contributed by atoms with Crippen molar-refractivity contribution < 1.29 is 9.90 Å². The molecule has 0 aliphatic rings. The van der Waals surface area contributed by atoms with E-state index in [1.54, 1.807) is 13.0 Å². The van der Waals surface area contributed by atoms with Crippen molar-refractivity contribution in [2.45, 2.75) is 11.9 Å². The lowest BCUT2D eigenvalue weighted by atomic mass is 10.4. The molecule has 5 nitrogen and oxygen atoms in total. The fourth-order valence-electron chi connectivity index (χ4n) is 1.17. The summed E-state index contributed by atoms with van der Waals surface area (Å²) >= 11 is 4.97. The topological polar surface area (TPSA) is 67.5 Å². The van der Waals surface area contributed by atoms with Crippen LogP contribution in [0, 0.1) is 6.92 Å². The second kappa shape index (κ2) is 2.91. The second-order valence-corrected chi connectivity index (χ2v) is 3.26. The van der Waals surface area contributed by atoms with Gasteiger partial charge in [-0.3, -0.25) is 0 Å². The molecule has 0 aliphatic heterocycles. The van der Waals surface area contributed by atoms with Crippen LogP contribution in [0.4, 0.5) is 0 Å². The van der Waals surface area contributed by atoms with Crippen molar-refractivity contribution in [2.24, 2.45) is 0 Å². The summed E-state index contributed by atoms with van der Waals surface area (Å²) < 4.78 is 1.44. The molecule has 0 amide bonds. The van der Waals surface area contributed by atoms with Gasteiger partial charge in [0.15, 0.2) is 11.3 Å². The molecule has 0 aromatic carbocycles. The highest BCUT2D eigenvalue weighted by molar-refractivity contribution is 7.80. The van der Waals surface area contributed by atoms with Gasteiger partial charge in [0.2, 0.25) is 0 Å². The predicted octanol–water partition coefficient (Wildman–Crippen LogP) is 1.29. The Hall–Kier alpha value is -1.69. The van der Waals surface area contributed by atoms with Gasteiger partial charge in [0.25, 0.3) is 0 Å². The summed E-state index contributed by atoms with van der Waals surface area (Å²) in [6, 6.07) is 3.00. The van der Waals surface area contributed by atoms with E-state index in [0.29, 0.717) is 10.7 Å². The Morgan fingerprint density at radius 1 is 1.57 bits per heavy atom. The van der Waals surface area contributed by atoms with E-state index in [1.165, 1.54) is 10.6 Å². The third-order valence-corrected chi connectivity index (χ3v) is 2.03. The Morgan fingerprint density at radius 3 is 2.93 bits per heavy atom. The lowest BCUT2D eigenvalue weighted by Crippen LogP contribution is -2.03. The minimum Gasteiger partial charge on any atom is -0.477 e. The van der Waals surface area contributed by atoms with Crippen LogP contribution in [0.2, 0.25) is 0 Å². The number of hydrogen-bond acceptors (Lipinski definition) is 3. The highest BCUT2D eigenvalue weighted by Crippen LogP contribution is 2.12. The monoisotopic (exact) mass is 208 g/mol. The number of aromatic nitrogens is 3. The van der Waals surface area contributed by atoms with Crippen molar-refractivity contribution in [1.29, 1.82) is 0 Å². The number of carboxylic acid groups (broad SMARTS) is 1. The Bertz CT molecular complexity index is 521. The van der Waals surface area contributed by atoms with Gasteiger partial charge in [0, 0.05) is 12.1 Å². The second-order valence-electron chi connectivity index (χ2n) is 2.84. The van der Waals surface area contributed by atoms with Crippen LogP contribution in [0.15, 0.2) is 17.2 Å². The summed E-state index contributed by atoms with van der Waals surface area (Å²) in [5.41, 5.74) is 1.17. The fraction of sp³-hybridized carbons (Fsp3) is 0.125. The summed E-state index contributed by atoms with van der Waals surface area (Å²) in [6.45, 7) is 1.80. The molecule has 0 unspecified atom stereocenters. The molecule has 14 heavy (non-hydrogen) atoms. The molecule has 1 N–H and O–H groups in total. The highest BCUT2D eigenvalue weighted by Gasteiger charge is 2.10. The number of carbonyl (C=O) groups is 1. The van der Waals surface area contributed by atoms with E-state index >= 15 is 0 Å². The molecule has 1 radical (unpaired) electrons. The van der Waals surface area contributed by atoms with Gasteiger partial charge in [-0.1, -0.05) is 12.6 Å². The Balaban J connectivity index is 2.77. The normalized spacial score (nSPS) is 10.6. The molecule has 0 saturated heterocycles. The zero-order valence-corrected chi connectivity index (χ0v) is 8.08. The van der Waals surface area contributed by atoms with Crippen molar-refractivity contribution in [3.8, 4) is 0 Å². The van der Waals surface area contributed by atoms with Gasteiger partial charge in [0.05, 0.1) is 5.69 Å². The number of aromatic carboxylic acids is 1. The summed E-state index contributed by atoms with van der Waals surface area (Å²) in [6.07, 6.45) is 0. The van der Waals surface area contributed by atoms with Gasteiger partial charge in [-0.15, -0.1) is 0 Å². The number of hydrogen-bond donors (Lipinski definition) is 1. The molecular weight excluding hydrogens is 202 g/mol. The molecule has 0 saturated carbocycles. The van der Waals surface area contributed by atoms with E-state index in [4.69, 9.17) is 17.7 Å². The van der Waals surface area contributed by atoms with Crippen LogP contribution in [-0.4, -0.2) is 25.7 Å². The van der Waals surface area contributed by atoms with Crippen LogP contribution < -0.4 is 0 Å². The highest BCUT2D eigenvalue weighted by atomic mass is 32.1. The van der Waals surface area contributed by atoms with E-state index in [9.17, 15) is 4.79 Å². The number of nitrogens with zero attached hydrogens (tertiary/aromatic N) is 3. The van der Waals surface area contributed by atoms with Crippen LogP contribution in [0.5, 0.6) is 0 Å². The first-order valence-electron chi connectivity index (χ1n) is 3.85. The Kier molecular flexibility index (Phi) is 1.85. The molecular formula is C8H6N3O2S. The molecule has 71 valence electrons. The summed E-state index contributed by atoms with van der Waals surface area (Å²) in [7, 11) is 0. The number of aryl methyl sites for hydroxylation is 1. The average Bonchev–Trinajstić information content (AvgIpc) is 2.45. The van der Waals surface area contributed by atoms with Gasteiger partial charge in [-0.25, -0.2) is 14.3 Å². The standard InChI is InChI=1S/C8H6N3O2S/c1-4-2-6-9-5(8(12)13)3-7(14)11(6)10-4/h2-3H,1H3,(H,12,13). The SMILES string of the molecule is Cc1cc2nc(C(=O)O)cc([S])n2n1. The van der Waals surface area contributed by atoms with Crippen LogP contribution in [-0.2, 0) is 0 Å². The lowest BCUT2D eigenvalue weighted by molar-refractivity contribution is 0.0690. The van der Waals surface area contributed by atoms with Gasteiger partial charge in [0.1, 0.15) is 5.03 Å². The summed E-state index contributed by atoms with van der Waals surface area (Å²) in [5, 5.41) is 13.2. The number of fused-ring (bicyclic) bond motifs is 1. The quantitative estimate of drug-likeness (QED) is 0.717. The molecule has 2 heterocycles. The van der Waals surface area contributed by atoms with Crippen molar-refractivity contribution in [2.75, 3.05) is 0 Å². The van der Waals surface area contributed by atoms with Crippen molar-refractivity contribution in [3.63, 3.8) is 0 Å². The van der Waals surface area contributed by atoms with Crippen LogP contribution in [0.3, 0.4) is 0 Å². The van der Waals surface area contributed by atoms with E-state index in [2.05, 4.69) is 10.1 Å². The first-order valence-corrected chi connectivity index (χ1v) is 4.26. The molecule has 0 spiro atoms. The van der Waals surface area contributed by atoms with Crippen molar-refractivity contribution in [1.82, 2.24) is 14.6 Å².